The van der Waals surface area contributed by atoms with Crippen molar-refractivity contribution in [3.63, 3.8) is 0 Å². The van der Waals surface area contributed by atoms with Gasteiger partial charge in [-0.15, -0.1) is 0 Å². The van der Waals surface area contributed by atoms with Gasteiger partial charge < -0.3 is 9.84 Å². The van der Waals surface area contributed by atoms with Crippen molar-refractivity contribution in [2.45, 2.75) is 20.3 Å². The minimum Gasteiger partial charge on any atom is -0.395 e. The van der Waals surface area contributed by atoms with Crippen LogP contribution in [0.15, 0.2) is 11.6 Å². The van der Waals surface area contributed by atoms with Crippen LogP contribution in [-0.4, -0.2) is 24.9 Å². The molecule has 11 heavy (non-hydrogen) atoms. The first kappa shape index (κ1) is 8.75. The molecule has 0 unspecified atom stereocenters. The summed E-state index contributed by atoms with van der Waals surface area (Å²) in [6.07, 6.45) is 3.05. The van der Waals surface area contributed by atoms with E-state index in [-0.39, 0.29) is 12.0 Å². The van der Waals surface area contributed by atoms with Crippen molar-refractivity contribution in [2.24, 2.45) is 5.41 Å². The zero-order chi connectivity index (χ0) is 8.32. The second-order valence-corrected chi connectivity index (χ2v) is 3.60. The second-order valence-electron chi connectivity index (χ2n) is 3.60. The summed E-state index contributed by atoms with van der Waals surface area (Å²) in [5.41, 5.74) is 1.27. The van der Waals surface area contributed by atoms with E-state index in [0.29, 0.717) is 6.61 Å². The minimum absolute atomic E-state index is 0.0518. The van der Waals surface area contributed by atoms with Crippen LogP contribution in [0.1, 0.15) is 20.3 Å². The summed E-state index contributed by atoms with van der Waals surface area (Å²) in [6, 6.07) is 0. The predicted molar refractivity (Wildman–Crippen MR) is 44.4 cm³/mol. The quantitative estimate of drug-likeness (QED) is 0.611. The highest BCUT2D eigenvalue weighted by Crippen LogP contribution is 2.29. The topological polar surface area (TPSA) is 29.5 Å². The first-order valence-corrected chi connectivity index (χ1v) is 4.05. The average Bonchev–Trinajstić information content (AvgIpc) is 2.06. The van der Waals surface area contributed by atoms with Crippen molar-refractivity contribution < 1.29 is 9.84 Å². The molecule has 0 amide bonds. The SMILES string of the molecule is CC(C)(CO)C1=CCOCC1. The third-order valence-corrected chi connectivity index (χ3v) is 2.23. The molecule has 0 aromatic carbocycles. The first-order chi connectivity index (χ1) is 5.17. The van der Waals surface area contributed by atoms with Crippen LogP contribution < -0.4 is 0 Å². The van der Waals surface area contributed by atoms with Gasteiger partial charge in [-0.2, -0.15) is 0 Å². The van der Waals surface area contributed by atoms with Crippen LogP contribution in [0.3, 0.4) is 0 Å². The molecule has 0 aromatic heterocycles. The summed E-state index contributed by atoms with van der Waals surface area (Å²) in [5.74, 6) is 0. The first-order valence-electron chi connectivity index (χ1n) is 4.05. The molecule has 0 saturated heterocycles. The molecule has 0 atom stereocenters. The highest BCUT2D eigenvalue weighted by atomic mass is 16.5. The molecule has 0 aromatic rings. The fourth-order valence-corrected chi connectivity index (χ4v) is 1.24. The van der Waals surface area contributed by atoms with Crippen LogP contribution >= 0.6 is 0 Å². The van der Waals surface area contributed by atoms with Gasteiger partial charge in [-0.3, -0.25) is 0 Å². The molecular formula is C9H16O2. The van der Waals surface area contributed by atoms with E-state index in [2.05, 4.69) is 19.9 Å². The number of hydrogen-bond donors (Lipinski definition) is 1. The molecule has 0 saturated carbocycles. The molecule has 0 fully saturated rings. The Morgan fingerprint density at radius 2 is 2.36 bits per heavy atom. The summed E-state index contributed by atoms with van der Waals surface area (Å²) < 4.78 is 5.18. The van der Waals surface area contributed by atoms with Gasteiger partial charge in [0, 0.05) is 5.41 Å². The van der Waals surface area contributed by atoms with Gasteiger partial charge in [0.25, 0.3) is 0 Å². The van der Waals surface area contributed by atoms with Gasteiger partial charge in [0.2, 0.25) is 0 Å². The Kier molecular flexibility index (Phi) is 2.68. The van der Waals surface area contributed by atoms with E-state index in [0.717, 1.165) is 13.0 Å². The molecule has 64 valence electrons. The van der Waals surface area contributed by atoms with Gasteiger partial charge >= 0.3 is 0 Å². The second kappa shape index (κ2) is 3.37. The Morgan fingerprint density at radius 1 is 1.64 bits per heavy atom. The van der Waals surface area contributed by atoms with Gasteiger partial charge in [-0.25, -0.2) is 0 Å². The molecule has 1 heterocycles. The number of ether oxygens (including phenoxy) is 1. The Hall–Kier alpha value is -0.340. The lowest BCUT2D eigenvalue weighted by Crippen LogP contribution is -2.23. The van der Waals surface area contributed by atoms with Gasteiger partial charge in [-0.1, -0.05) is 25.5 Å². The lowest BCUT2D eigenvalue weighted by atomic mass is 9.82. The van der Waals surface area contributed by atoms with E-state index in [4.69, 9.17) is 9.84 Å². The molecule has 2 heteroatoms. The lowest BCUT2D eigenvalue weighted by Gasteiger charge is -2.28. The largest absolute Gasteiger partial charge is 0.395 e. The number of aliphatic hydroxyl groups excluding tert-OH is 1. The Bertz CT molecular complexity index is 159. The molecule has 1 N–H and O–H groups in total. The fraction of sp³-hybridized carbons (Fsp3) is 0.778. The third kappa shape index (κ3) is 2.04. The monoisotopic (exact) mass is 156 g/mol. The normalized spacial score (nSPS) is 19.7. The predicted octanol–water partition coefficient (Wildman–Crippen LogP) is 1.35. The van der Waals surface area contributed by atoms with E-state index in [9.17, 15) is 0 Å². The summed E-state index contributed by atoms with van der Waals surface area (Å²) in [6.45, 7) is 5.85. The van der Waals surface area contributed by atoms with E-state index in [1.807, 2.05) is 0 Å². The van der Waals surface area contributed by atoms with Gasteiger partial charge in [-0.05, 0) is 6.42 Å². The molecule has 1 aliphatic heterocycles. The van der Waals surface area contributed by atoms with Gasteiger partial charge in [0.15, 0.2) is 0 Å². The van der Waals surface area contributed by atoms with Crippen molar-refractivity contribution in [2.75, 3.05) is 19.8 Å². The maximum absolute atomic E-state index is 9.06. The molecule has 0 bridgehead atoms. The van der Waals surface area contributed by atoms with Crippen molar-refractivity contribution in [3.8, 4) is 0 Å². The Balaban J connectivity index is 2.64. The van der Waals surface area contributed by atoms with Crippen LogP contribution in [0.4, 0.5) is 0 Å². The lowest BCUT2D eigenvalue weighted by molar-refractivity contribution is 0.130. The van der Waals surface area contributed by atoms with Gasteiger partial charge in [0.05, 0.1) is 19.8 Å². The zero-order valence-electron chi connectivity index (χ0n) is 7.26. The standard InChI is InChI=1S/C9H16O2/c1-9(2,7-10)8-3-5-11-6-4-8/h3,10H,4-7H2,1-2H3. The van der Waals surface area contributed by atoms with Crippen molar-refractivity contribution in [1.82, 2.24) is 0 Å². The highest BCUT2D eigenvalue weighted by Gasteiger charge is 2.22. The Morgan fingerprint density at radius 3 is 2.82 bits per heavy atom. The summed E-state index contributed by atoms with van der Waals surface area (Å²) in [4.78, 5) is 0. The van der Waals surface area contributed by atoms with E-state index in [1.54, 1.807) is 0 Å². The van der Waals surface area contributed by atoms with Gasteiger partial charge in [0.1, 0.15) is 0 Å². The van der Waals surface area contributed by atoms with Crippen LogP contribution in [0.2, 0.25) is 0 Å². The smallest absolute Gasteiger partial charge is 0.0650 e. The molecule has 1 aliphatic rings. The minimum atomic E-state index is -0.0518. The van der Waals surface area contributed by atoms with Crippen molar-refractivity contribution >= 4 is 0 Å². The maximum atomic E-state index is 9.06. The molecule has 0 aliphatic carbocycles. The number of aliphatic hydroxyl groups is 1. The zero-order valence-corrected chi connectivity index (χ0v) is 7.26. The number of hydrogen-bond acceptors (Lipinski definition) is 2. The fourth-order valence-electron chi connectivity index (χ4n) is 1.24. The van der Waals surface area contributed by atoms with Crippen molar-refractivity contribution in [3.05, 3.63) is 11.6 Å². The number of rotatable bonds is 2. The molecule has 0 radical (unpaired) electrons. The third-order valence-electron chi connectivity index (χ3n) is 2.23. The van der Waals surface area contributed by atoms with E-state index >= 15 is 0 Å². The van der Waals surface area contributed by atoms with Crippen LogP contribution in [0.25, 0.3) is 0 Å². The molecule has 2 nitrogen and oxygen atoms in total. The highest BCUT2D eigenvalue weighted by molar-refractivity contribution is 5.13. The Labute approximate surface area is 67.9 Å². The van der Waals surface area contributed by atoms with E-state index in [1.165, 1.54) is 5.57 Å². The van der Waals surface area contributed by atoms with E-state index < -0.39 is 0 Å². The molecule has 0 spiro atoms. The van der Waals surface area contributed by atoms with Crippen LogP contribution in [-0.2, 0) is 4.74 Å². The summed E-state index contributed by atoms with van der Waals surface area (Å²) in [7, 11) is 0. The van der Waals surface area contributed by atoms with Crippen LogP contribution in [0, 0.1) is 5.41 Å². The summed E-state index contributed by atoms with van der Waals surface area (Å²) in [5, 5.41) is 9.06. The maximum Gasteiger partial charge on any atom is 0.0650 e. The summed E-state index contributed by atoms with van der Waals surface area (Å²) >= 11 is 0. The average molecular weight is 156 g/mol. The van der Waals surface area contributed by atoms with Crippen molar-refractivity contribution in [1.29, 1.82) is 0 Å². The molecular weight excluding hydrogens is 140 g/mol. The van der Waals surface area contributed by atoms with Crippen LogP contribution in [0.5, 0.6) is 0 Å². The molecule has 1 rings (SSSR count).